The summed E-state index contributed by atoms with van der Waals surface area (Å²) in [6, 6.07) is 0. The van der Waals surface area contributed by atoms with Gasteiger partial charge in [0, 0.05) is 19.3 Å². The fourth-order valence-corrected chi connectivity index (χ4v) is 9.05. The summed E-state index contributed by atoms with van der Waals surface area (Å²) in [6.45, 7) is 6.64. The van der Waals surface area contributed by atoms with Gasteiger partial charge < -0.3 is 14.2 Å². The lowest BCUT2D eigenvalue weighted by Crippen LogP contribution is -2.30. The highest BCUT2D eigenvalue weighted by Crippen LogP contribution is 2.16. The maximum Gasteiger partial charge on any atom is 0.306 e. The van der Waals surface area contributed by atoms with Crippen LogP contribution >= 0.6 is 0 Å². The van der Waals surface area contributed by atoms with E-state index in [2.05, 4.69) is 69.4 Å². The zero-order valence-electron chi connectivity index (χ0n) is 47.5. The summed E-state index contributed by atoms with van der Waals surface area (Å²) in [5.41, 5.74) is 0. The van der Waals surface area contributed by atoms with Crippen LogP contribution in [0.2, 0.25) is 0 Å². The fourth-order valence-electron chi connectivity index (χ4n) is 9.05. The normalized spacial score (nSPS) is 12.3. The van der Waals surface area contributed by atoms with Gasteiger partial charge in [0.15, 0.2) is 6.10 Å². The first kappa shape index (κ1) is 68.4. The third kappa shape index (κ3) is 58.1. The van der Waals surface area contributed by atoms with Crippen molar-refractivity contribution in [3.8, 4) is 0 Å². The molecule has 1 atom stereocenters. The van der Waals surface area contributed by atoms with Gasteiger partial charge in [-0.15, -0.1) is 0 Å². The highest BCUT2D eigenvalue weighted by atomic mass is 16.6. The van der Waals surface area contributed by atoms with Gasteiger partial charge >= 0.3 is 17.9 Å². The summed E-state index contributed by atoms with van der Waals surface area (Å²) < 4.78 is 16.9. The summed E-state index contributed by atoms with van der Waals surface area (Å²) in [6.07, 6.45) is 73.9. The lowest BCUT2D eigenvalue weighted by atomic mass is 10.1. The van der Waals surface area contributed by atoms with E-state index in [1.807, 2.05) is 0 Å². The van der Waals surface area contributed by atoms with Crippen molar-refractivity contribution in [3.63, 3.8) is 0 Å². The Labute approximate surface area is 441 Å². The van der Waals surface area contributed by atoms with Gasteiger partial charge in [-0.25, -0.2) is 0 Å². The third-order valence-corrected chi connectivity index (χ3v) is 13.8. The molecule has 0 saturated heterocycles. The Balaban J connectivity index is 4.39. The number of unbranched alkanes of at least 4 members (excludes halogenated alkanes) is 38. The topological polar surface area (TPSA) is 78.9 Å². The number of carbonyl (C=O) groups is 3. The van der Waals surface area contributed by atoms with Gasteiger partial charge in [-0.05, 0) is 103 Å². The van der Waals surface area contributed by atoms with Crippen LogP contribution in [0.15, 0.2) is 48.6 Å². The zero-order valence-corrected chi connectivity index (χ0v) is 47.5. The molecule has 6 heteroatoms. The van der Waals surface area contributed by atoms with Crippen LogP contribution in [-0.2, 0) is 28.6 Å². The van der Waals surface area contributed by atoms with Crippen LogP contribution in [0.5, 0.6) is 0 Å². The fraction of sp³-hybridized carbons (Fsp3) is 0.831. The second-order valence-corrected chi connectivity index (χ2v) is 21.0. The van der Waals surface area contributed by atoms with Crippen LogP contribution < -0.4 is 0 Å². The van der Waals surface area contributed by atoms with Gasteiger partial charge in [0.05, 0.1) is 0 Å². The van der Waals surface area contributed by atoms with Crippen LogP contribution in [0, 0.1) is 0 Å². The third-order valence-electron chi connectivity index (χ3n) is 13.8. The maximum absolute atomic E-state index is 12.9. The maximum atomic E-state index is 12.9. The number of carbonyl (C=O) groups excluding carboxylic acids is 3. The number of esters is 3. The SMILES string of the molecule is CCCCC/C=C\C/C=C\CCCCCCCCCC(=O)OCC(COC(=O)CCCCCCC/C=C\CCCCCCCCCCC)OC(=O)CCCCCCC/C=C\CCCCCCCCCCC. The molecule has 0 aliphatic rings. The lowest BCUT2D eigenvalue weighted by molar-refractivity contribution is -0.167. The first-order valence-corrected chi connectivity index (χ1v) is 31.1. The Morgan fingerprint density at radius 1 is 0.282 bits per heavy atom. The van der Waals surface area contributed by atoms with Gasteiger partial charge in [0.25, 0.3) is 0 Å². The molecule has 71 heavy (non-hydrogen) atoms. The standard InChI is InChI=1S/C65H118O6/c1-4-7-10-13-16-19-22-25-28-31-34-37-40-43-46-49-52-55-58-64(67)70-61-62(60-69-63(66)57-54-51-48-45-42-39-36-33-30-27-24-21-18-15-12-9-6-3)71-65(68)59-56-53-50-47-44-41-38-35-32-29-26-23-20-17-14-11-8-5-2/h18,21,27,30,34-35,37-38,62H,4-17,19-20,22-26,28-29,31-33,36,39-61H2,1-3H3/b21-18-,30-27-,37-34-,38-35-. The quantitative estimate of drug-likeness (QED) is 0.0261. The summed E-state index contributed by atoms with van der Waals surface area (Å²) in [7, 11) is 0. The Hall–Kier alpha value is -2.63. The number of rotatable bonds is 57. The summed E-state index contributed by atoms with van der Waals surface area (Å²) in [4.78, 5) is 38.3. The minimum atomic E-state index is -0.784. The van der Waals surface area contributed by atoms with E-state index in [9.17, 15) is 14.4 Å². The van der Waals surface area contributed by atoms with Gasteiger partial charge in [-0.3, -0.25) is 14.4 Å². The van der Waals surface area contributed by atoms with Crippen LogP contribution in [0.3, 0.4) is 0 Å². The molecule has 0 radical (unpaired) electrons. The zero-order chi connectivity index (χ0) is 51.4. The van der Waals surface area contributed by atoms with Gasteiger partial charge in [-0.1, -0.05) is 256 Å². The molecule has 0 rings (SSSR count). The largest absolute Gasteiger partial charge is 0.462 e. The van der Waals surface area contributed by atoms with Crippen molar-refractivity contribution >= 4 is 17.9 Å². The molecule has 0 aromatic carbocycles. The molecule has 0 aliphatic heterocycles. The molecular weight excluding hydrogens is 877 g/mol. The van der Waals surface area contributed by atoms with E-state index in [0.717, 1.165) is 83.5 Å². The van der Waals surface area contributed by atoms with Crippen LogP contribution in [-0.4, -0.2) is 37.2 Å². The molecule has 0 saturated carbocycles. The average Bonchev–Trinajstić information content (AvgIpc) is 3.37. The predicted molar refractivity (Wildman–Crippen MR) is 307 cm³/mol. The second kappa shape index (κ2) is 59.9. The van der Waals surface area contributed by atoms with E-state index in [-0.39, 0.29) is 31.1 Å². The Morgan fingerprint density at radius 3 is 0.817 bits per heavy atom. The minimum absolute atomic E-state index is 0.0815. The van der Waals surface area contributed by atoms with Crippen molar-refractivity contribution in [2.24, 2.45) is 0 Å². The molecule has 0 bridgehead atoms. The first-order chi connectivity index (χ1) is 35.0. The van der Waals surface area contributed by atoms with Crippen molar-refractivity contribution < 1.29 is 28.6 Å². The molecule has 6 nitrogen and oxygen atoms in total. The molecule has 0 aliphatic carbocycles. The number of allylic oxidation sites excluding steroid dienone is 8. The Morgan fingerprint density at radius 2 is 0.507 bits per heavy atom. The molecule has 0 N–H and O–H groups in total. The van der Waals surface area contributed by atoms with Crippen molar-refractivity contribution in [1.29, 1.82) is 0 Å². The average molecular weight is 996 g/mol. The number of ether oxygens (including phenoxy) is 3. The lowest BCUT2D eigenvalue weighted by Gasteiger charge is -2.18. The summed E-state index contributed by atoms with van der Waals surface area (Å²) in [5, 5.41) is 0. The van der Waals surface area contributed by atoms with Crippen LogP contribution in [0.1, 0.15) is 329 Å². The molecule has 0 fully saturated rings. The van der Waals surface area contributed by atoms with Gasteiger partial charge in [-0.2, -0.15) is 0 Å². The highest BCUT2D eigenvalue weighted by Gasteiger charge is 2.19. The Kier molecular flexibility index (Phi) is 57.7. The molecule has 414 valence electrons. The van der Waals surface area contributed by atoms with Crippen molar-refractivity contribution in [2.45, 2.75) is 335 Å². The van der Waals surface area contributed by atoms with E-state index < -0.39 is 6.10 Å². The number of hydrogen-bond donors (Lipinski definition) is 0. The van der Waals surface area contributed by atoms with Crippen LogP contribution in [0.4, 0.5) is 0 Å². The van der Waals surface area contributed by atoms with Crippen LogP contribution in [0.25, 0.3) is 0 Å². The van der Waals surface area contributed by atoms with E-state index in [1.54, 1.807) is 0 Å². The molecule has 0 aromatic heterocycles. The molecule has 0 aromatic rings. The highest BCUT2D eigenvalue weighted by molar-refractivity contribution is 5.71. The van der Waals surface area contributed by atoms with E-state index >= 15 is 0 Å². The van der Waals surface area contributed by atoms with Crippen molar-refractivity contribution in [3.05, 3.63) is 48.6 Å². The van der Waals surface area contributed by atoms with Crippen molar-refractivity contribution in [1.82, 2.24) is 0 Å². The second-order valence-electron chi connectivity index (χ2n) is 21.0. The Bertz CT molecular complexity index is 1230. The monoisotopic (exact) mass is 995 g/mol. The summed E-state index contributed by atoms with van der Waals surface area (Å²) in [5.74, 6) is -0.888. The summed E-state index contributed by atoms with van der Waals surface area (Å²) >= 11 is 0. The van der Waals surface area contributed by atoms with Gasteiger partial charge in [0.1, 0.15) is 13.2 Å². The molecule has 0 amide bonds. The smallest absolute Gasteiger partial charge is 0.306 e. The molecule has 0 spiro atoms. The van der Waals surface area contributed by atoms with Crippen molar-refractivity contribution in [2.75, 3.05) is 13.2 Å². The predicted octanol–water partition coefficient (Wildman–Crippen LogP) is 21.0. The van der Waals surface area contributed by atoms with E-state index in [1.165, 1.54) is 205 Å². The van der Waals surface area contributed by atoms with E-state index in [4.69, 9.17) is 14.2 Å². The minimum Gasteiger partial charge on any atom is -0.462 e. The molecule has 0 heterocycles. The first-order valence-electron chi connectivity index (χ1n) is 31.1. The van der Waals surface area contributed by atoms with Gasteiger partial charge in [0.2, 0.25) is 0 Å². The molecule has 1 unspecified atom stereocenters. The number of hydrogen-bond acceptors (Lipinski definition) is 6. The molecular formula is C65H118O6. The van der Waals surface area contributed by atoms with E-state index in [0.29, 0.717) is 19.3 Å².